The topological polar surface area (TPSA) is 32.3 Å². The predicted molar refractivity (Wildman–Crippen MR) is 89.4 cm³/mol. The summed E-state index contributed by atoms with van der Waals surface area (Å²) in [5, 5.41) is 3.40. The Hall–Kier alpha value is -1.49. The first-order valence-corrected chi connectivity index (χ1v) is 9.00. The molecule has 24 heavy (non-hydrogen) atoms. The maximum Gasteiger partial charge on any atom is 0.225 e. The molecule has 3 rings (SSSR count). The summed E-state index contributed by atoms with van der Waals surface area (Å²) in [4.78, 5) is 14.3. The highest BCUT2D eigenvalue weighted by atomic mass is 19.1. The molecule has 1 aromatic rings. The van der Waals surface area contributed by atoms with E-state index in [1.165, 1.54) is 18.2 Å². The van der Waals surface area contributed by atoms with E-state index in [2.05, 4.69) is 12.2 Å². The van der Waals surface area contributed by atoms with E-state index in [1.807, 2.05) is 4.90 Å². The number of carbonyl (C=O) groups excluding carboxylic acids is 1. The van der Waals surface area contributed by atoms with Crippen molar-refractivity contribution < 1.29 is 13.6 Å². The Balaban J connectivity index is 1.65. The zero-order valence-electron chi connectivity index (χ0n) is 14.4. The number of piperidine rings is 1. The van der Waals surface area contributed by atoms with Crippen LogP contribution in [-0.2, 0) is 4.79 Å². The minimum absolute atomic E-state index is 0.101. The van der Waals surface area contributed by atoms with Gasteiger partial charge in [0.25, 0.3) is 0 Å². The Bertz CT molecular complexity index is 583. The number of halogens is 2. The van der Waals surface area contributed by atoms with Crippen LogP contribution in [0.3, 0.4) is 0 Å². The van der Waals surface area contributed by atoms with Gasteiger partial charge in [0.05, 0.1) is 0 Å². The largest absolute Gasteiger partial charge is 0.342 e. The molecule has 1 aliphatic heterocycles. The smallest absolute Gasteiger partial charge is 0.225 e. The lowest BCUT2D eigenvalue weighted by atomic mass is 9.88. The minimum Gasteiger partial charge on any atom is -0.342 e. The third-order valence-corrected chi connectivity index (χ3v) is 5.39. The van der Waals surface area contributed by atoms with E-state index in [1.54, 1.807) is 6.92 Å². The Morgan fingerprint density at radius 1 is 1.29 bits per heavy atom. The van der Waals surface area contributed by atoms with E-state index in [0.29, 0.717) is 11.8 Å². The molecule has 1 N–H and O–H groups in total. The van der Waals surface area contributed by atoms with Gasteiger partial charge in [-0.1, -0.05) is 19.4 Å². The van der Waals surface area contributed by atoms with Crippen LogP contribution < -0.4 is 5.32 Å². The lowest BCUT2D eigenvalue weighted by molar-refractivity contribution is -0.134. The second-order valence-corrected chi connectivity index (χ2v) is 7.15. The molecule has 1 saturated carbocycles. The Kier molecular flexibility index (Phi) is 5.18. The first-order valence-electron chi connectivity index (χ1n) is 9.00. The van der Waals surface area contributed by atoms with Gasteiger partial charge in [-0.2, -0.15) is 0 Å². The summed E-state index contributed by atoms with van der Waals surface area (Å²) in [6.07, 6.45) is 3.82. The van der Waals surface area contributed by atoms with Gasteiger partial charge in [0, 0.05) is 36.7 Å². The van der Waals surface area contributed by atoms with Crippen LogP contribution in [0.5, 0.6) is 0 Å². The third-order valence-electron chi connectivity index (χ3n) is 5.39. The Labute approximate surface area is 142 Å². The lowest BCUT2D eigenvalue weighted by Gasteiger charge is -2.40. The normalized spacial score (nSPS) is 25.6. The van der Waals surface area contributed by atoms with Crippen molar-refractivity contribution in [2.75, 3.05) is 13.1 Å². The van der Waals surface area contributed by atoms with Crippen LogP contribution in [0.1, 0.15) is 51.1 Å². The van der Waals surface area contributed by atoms with Crippen molar-refractivity contribution in [3.8, 4) is 0 Å². The van der Waals surface area contributed by atoms with Crippen molar-refractivity contribution in [1.29, 1.82) is 0 Å². The minimum atomic E-state index is -0.510. The number of nitrogens with one attached hydrogen (secondary N) is 1. The molecule has 1 aromatic carbocycles. The molecule has 0 bridgehead atoms. The standard InChI is InChI=1S/C19H26F2N2O/c1-3-13-11-23(19(24)14-7-8-14)10-9-17(13)22-12(2)18-15(20)5-4-6-16(18)21/h4-6,12-14,17,22H,3,7-11H2,1-2H3/t12-,13+,17-/m0/s1. The van der Waals surface area contributed by atoms with Crippen LogP contribution >= 0.6 is 0 Å². The zero-order chi connectivity index (χ0) is 17.3. The van der Waals surface area contributed by atoms with Gasteiger partial charge in [-0.15, -0.1) is 0 Å². The highest BCUT2D eigenvalue weighted by Crippen LogP contribution is 2.33. The summed E-state index contributed by atoms with van der Waals surface area (Å²) in [5.74, 6) is -0.161. The summed E-state index contributed by atoms with van der Waals surface area (Å²) >= 11 is 0. The molecule has 2 aliphatic rings. The number of rotatable bonds is 5. The van der Waals surface area contributed by atoms with Crippen LogP contribution in [0.15, 0.2) is 18.2 Å². The molecule has 2 fully saturated rings. The van der Waals surface area contributed by atoms with E-state index >= 15 is 0 Å². The lowest BCUT2D eigenvalue weighted by Crippen LogP contribution is -2.51. The molecule has 1 heterocycles. The van der Waals surface area contributed by atoms with Crippen LogP contribution in [0.25, 0.3) is 0 Å². The van der Waals surface area contributed by atoms with Crippen LogP contribution in [0, 0.1) is 23.5 Å². The van der Waals surface area contributed by atoms with E-state index < -0.39 is 17.7 Å². The third kappa shape index (κ3) is 3.61. The molecular formula is C19H26F2N2O. The first-order chi connectivity index (χ1) is 11.5. The summed E-state index contributed by atoms with van der Waals surface area (Å²) in [6.45, 7) is 5.39. The molecule has 3 atom stereocenters. The molecule has 132 valence electrons. The van der Waals surface area contributed by atoms with Gasteiger partial charge in [-0.05, 0) is 44.2 Å². The molecule has 1 amide bonds. The van der Waals surface area contributed by atoms with Gasteiger partial charge < -0.3 is 10.2 Å². The maximum absolute atomic E-state index is 14.0. The quantitative estimate of drug-likeness (QED) is 0.890. The van der Waals surface area contributed by atoms with Crippen molar-refractivity contribution in [3.63, 3.8) is 0 Å². The second kappa shape index (κ2) is 7.18. The number of nitrogens with zero attached hydrogens (tertiary/aromatic N) is 1. The summed E-state index contributed by atoms with van der Waals surface area (Å²) in [5.41, 5.74) is 0.101. The van der Waals surface area contributed by atoms with Gasteiger partial charge >= 0.3 is 0 Å². The van der Waals surface area contributed by atoms with E-state index in [9.17, 15) is 13.6 Å². The average Bonchev–Trinajstić information content (AvgIpc) is 3.39. The molecule has 0 aromatic heterocycles. The van der Waals surface area contributed by atoms with Crippen molar-refractivity contribution in [3.05, 3.63) is 35.4 Å². The average molecular weight is 336 g/mol. The van der Waals surface area contributed by atoms with Crippen LogP contribution in [-0.4, -0.2) is 29.9 Å². The van der Waals surface area contributed by atoms with E-state index in [4.69, 9.17) is 0 Å². The van der Waals surface area contributed by atoms with Crippen LogP contribution in [0.2, 0.25) is 0 Å². The van der Waals surface area contributed by atoms with Crippen molar-refractivity contribution in [2.45, 2.75) is 51.6 Å². The summed E-state index contributed by atoms with van der Waals surface area (Å²) in [6, 6.07) is 3.76. The van der Waals surface area contributed by atoms with Crippen molar-refractivity contribution in [2.24, 2.45) is 11.8 Å². The number of carbonyl (C=O) groups is 1. The van der Waals surface area contributed by atoms with Crippen LogP contribution in [0.4, 0.5) is 8.78 Å². The fourth-order valence-electron chi connectivity index (χ4n) is 3.78. The maximum atomic E-state index is 14.0. The van der Waals surface area contributed by atoms with Gasteiger partial charge in [-0.25, -0.2) is 8.78 Å². The van der Waals surface area contributed by atoms with E-state index in [0.717, 1.165) is 38.8 Å². The second-order valence-electron chi connectivity index (χ2n) is 7.15. The summed E-state index contributed by atoms with van der Waals surface area (Å²) in [7, 11) is 0. The molecule has 5 heteroatoms. The Morgan fingerprint density at radius 2 is 1.96 bits per heavy atom. The van der Waals surface area contributed by atoms with Gasteiger partial charge in [0.2, 0.25) is 5.91 Å². The molecule has 0 spiro atoms. The first kappa shape index (κ1) is 17.3. The SMILES string of the molecule is CC[C@@H]1CN(C(=O)C2CC2)CC[C@@H]1N[C@@H](C)c1c(F)cccc1F. The number of hydrogen-bond acceptors (Lipinski definition) is 2. The fourth-order valence-corrected chi connectivity index (χ4v) is 3.78. The summed E-state index contributed by atoms with van der Waals surface area (Å²) < 4.78 is 27.9. The Morgan fingerprint density at radius 3 is 2.54 bits per heavy atom. The highest BCUT2D eigenvalue weighted by Gasteiger charge is 2.38. The molecule has 1 aliphatic carbocycles. The fraction of sp³-hybridized carbons (Fsp3) is 0.632. The number of likely N-dealkylation sites (tertiary alicyclic amines) is 1. The number of benzene rings is 1. The predicted octanol–water partition coefficient (Wildman–Crippen LogP) is 3.65. The molecule has 3 nitrogen and oxygen atoms in total. The zero-order valence-corrected chi connectivity index (χ0v) is 14.4. The van der Waals surface area contributed by atoms with Crippen molar-refractivity contribution in [1.82, 2.24) is 10.2 Å². The molecule has 0 radical (unpaired) electrons. The van der Waals surface area contributed by atoms with E-state index in [-0.39, 0.29) is 17.5 Å². The van der Waals surface area contributed by atoms with Crippen molar-refractivity contribution >= 4 is 5.91 Å². The van der Waals surface area contributed by atoms with Gasteiger partial charge in [0.1, 0.15) is 11.6 Å². The molecular weight excluding hydrogens is 310 g/mol. The number of amides is 1. The monoisotopic (exact) mass is 336 g/mol. The van der Waals surface area contributed by atoms with Gasteiger partial charge in [-0.3, -0.25) is 4.79 Å². The molecule has 0 unspecified atom stereocenters. The molecule has 1 saturated heterocycles. The number of hydrogen-bond donors (Lipinski definition) is 1. The highest BCUT2D eigenvalue weighted by molar-refractivity contribution is 5.81. The van der Waals surface area contributed by atoms with Gasteiger partial charge in [0.15, 0.2) is 0 Å².